The van der Waals surface area contributed by atoms with E-state index in [1.165, 1.54) is 11.0 Å². The van der Waals surface area contributed by atoms with E-state index in [1.807, 2.05) is 44.2 Å². The van der Waals surface area contributed by atoms with Gasteiger partial charge < -0.3 is 0 Å². The first-order chi connectivity index (χ1) is 14.4. The summed E-state index contributed by atoms with van der Waals surface area (Å²) in [7, 11) is 0. The molecular weight excluding hydrogens is 404 g/mol. The molecule has 4 nitrogen and oxygen atoms in total. The third kappa shape index (κ3) is 4.21. The van der Waals surface area contributed by atoms with E-state index in [0.29, 0.717) is 9.83 Å². The predicted molar refractivity (Wildman–Crippen MR) is 115 cm³/mol. The highest BCUT2D eigenvalue weighted by Gasteiger charge is 2.22. The van der Waals surface area contributed by atoms with Crippen LogP contribution >= 0.6 is 11.3 Å². The molecule has 2 aromatic carbocycles. The zero-order valence-corrected chi connectivity index (χ0v) is 17.3. The molecule has 0 aliphatic carbocycles. The van der Waals surface area contributed by atoms with Crippen molar-refractivity contribution in [1.82, 2.24) is 9.97 Å². The van der Waals surface area contributed by atoms with Gasteiger partial charge in [-0.2, -0.15) is 0 Å². The number of carbonyl (C=O) groups is 1. The molecule has 2 heterocycles. The minimum Gasteiger partial charge on any atom is -0.283 e. The number of aryl methyl sites for hydroxylation is 2. The number of aromatic nitrogens is 2. The SMILES string of the molecule is Cc1ccc(CC(=O)N(Cc2ccncc2)c2nc3c(F)cc(F)cc3s2)c(C)c1. The number of fused-ring (bicyclic) bond motifs is 1. The van der Waals surface area contributed by atoms with Gasteiger partial charge in [-0.25, -0.2) is 13.8 Å². The van der Waals surface area contributed by atoms with E-state index in [0.717, 1.165) is 39.7 Å². The lowest BCUT2D eigenvalue weighted by Gasteiger charge is -2.20. The molecule has 0 unspecified atom stereocenters. The smallest absolute Gasteiger partial charge is 0.233 e. The number of hydrogen-bond donors (Lipinski definition) is 0. The largest absolute Gasteiger partial charge is 0.283 e. The van der Waals surface area contributed by atoms with Crippen LogP contribution in [0.2, 0.25) is 0 Å². The molecule has 0 atom stereocenters. The number of hydrogen-bond acceptors (Lipinski definition) is 4. The Balaban J connectivity index is 1.72. The predicted octanol–water partition coefficient (Wildman–Crippen LogP) is 5.36. The van der Waals surface area contributed by atoms with Crippen LogP contribution in [-0.2, 0) is 17.8 Å². The van der Waals surface area contributed by atoms with Crippen LogP contribution in [0, 0.1) is 25.5 Å². The third-order valence-corrected chi connectivity index (χ3v) is 5.89. The first-order valence-corrected chi connectivity index (χ1v) is 10.2. The Bertz CT molecular complexity index is 1220. The van der Waals surface area contributed by atoms with Gasteiger partial charge in [-0.3, -0.25) is 14.7 Å². The van der Waals surface area contributed by atoms with E-state index >= 15 is 0 Å². The first kappa shape index (κ1) is 20.1. The molecule has 0 aliphatic heterocycles. The number of carbonyl (C=O) groups excluding carboxylic acids is 1. The number of halogens is 2. The number of pyridine rings is 1. The molecule has 2 aromatic heterocycles. The monoisotopic (exact) mass is 423 g/mol. The Kier molecular flexibility index (Phi) is 5.55. The maximum atomic E-state index is 14.2. The van der Waals surface area contributed by atoms with Crippen molar-refractivity contribution in [2.75, 3.05) is 4.90 Å². The van der Waals surface area contributed by atoms with E-state index < -0.39 is 11.6 Å². The minimum absolute atomic E-state index is 0.0652. The fourth-order valence-electron chi connectivity index (χ4n) is 3.30. The molecule has 0 aliphatic rings. The van der Waals surface area contributed by atoms with Crippen molar-refractivity contribution in [2.45, 2.75) is 26.8 Å². The highest BCUT2D eigenvalue weighted by molar-refractivity contribution is 7.22. The van der Waals surface area contributed by atoms with Gasteiger partial charge in [-0.15, -0.1) is 0 Å². The Morgan fingerprint density at radius 3 is 2.57 bits per heavy atom. The third-order valence-electron chi connectivity index (χ3n) is 4.86. The number of benzene rings is 2. The lowest BCUT2D eigenvalue weighted by molar-refractivity contribution is -0.118. The molecule has 0 bridgehead atoms. The van der Waals surface area contributed by atoms with Crippen LogP contribution < -0.4 is 4.90 Å². The fourth-order valence-corrected chi connectivity index (χ4v) is 4.32. The van der Waals surface area contributed by atoms with Gasteiger partial charge in [0.05, 0.1) is 17.7 Å². The first-order valence-electron chi connectivity index (χ1n) is 9.41. The summed E-state index contributed by atoms with van der Waals surface area (Å²) in [6.45, 7) is 4.23. The molecule has 4 rings (SSSR count). The minimum atomic E-state index is -0.738. The summed E-state index contributed by atoms with van der Waals surface area (Å²) in [4.78, 5) is 23.1. The van der Waals surface area contributed by atoms with Crippen molar-refractivity contribution in [3.63, 3.8) is 0 Å². The lowest BCUT2D eigenvalue weighted by Crippen LogP contribution is -2.32. The van der Waals surface area contributed by atoms with Crippen LogP contribution in [0.5, 0.6) is 0 Å². The van der Waals surface area contributed by atoms with Crippen LogP contribution in [0.1, 0.15) is 22.3 Å². The number of nitrogens with zero attached hydrogens (tertiary/aromatic N) is 3. The molecule has 0 saturated carbocycles. The zero-order valence-electron chi connectivity index (χ0n) is 16.5. The van der Waals surface area contributed by atoms with Crippen LogP contribution in [0.4, 0.5) is 13.9 Å². The van der Waals surface area contributed by atoms with E-state index in [4.69, 9.17) is 0 Å². The number of thiazole rings is 1. The van der Waals surface area contributed by atoms with Crippen LogP contribution in [-0.4, -0.2) is 15.9 Å². The molecule has 0 saturated heterocycles. The van der Waals surface area contributed by atoms with Gasteiger partial charge in [0, 0.05) is 18.5 Å². The van der Waals surface area contributed by atoms with Crippen molar-refractivity contribution >= 4 is 32.6 Å². The van der Waals surface area contributed by atoms with Gasteiger partial charge in [0.15, 0.2) is 10.9 Å². The molecule has 0 fully saturated rings. The molecule has 1 amide bonds. The summed E-state index contributed by atoms with van der Waals surface area (Å²) in [5, 5.41) is 0.334. The Labute approximate surface area is 176 Å². The average molecular weight is 423 g/mol. The van der Waals surface area contributed by atoms with Gasteiger partial charge in [0.1, 0.15) is 11.3 Å². The summed E-state index contributed by atoms with van der Waals surface area (Å²) in [6.07, 6.45) is 3.48. The van der Waals surface area contributed by atoms with Gasteiger partial charge in [-0.05, 0) is 48.7 Å². The maximum absolute atomic E-state index is 14.2. The number of rotatable bonds is 5. The normalized spacial score (nSPS) is 11.1. The van der Waals surface area contributed by atoms with E-state index in [-0.39, 0.29) is 24.4 Å². The van der Waals surface area contributed by atoms with E-state index in [9.17, 15) is 13.6 Å². The summed E-state index contributed by atoms with van der Waals surface area (Å²) >= 11 is 1.10. The molecule has 152 valence electrons. The molecule has 30 heavy (non-hydrogen) atoms. The highest BCUT2D eigenvalue weighted by atomic mass is 32.1. The zero-order chi connectivity index (χ0) is 21.3. The van der Waals surface area contributed by atoms with Crippen LogP contribution in [0.15, 0.2) is 54.9 Å². The average Bonchev–Trinajstić information content (AvgIpc) is 3.13. The number of amides is 1. The molecule has 4 aromatic rings. The quantitative estimate of drug-likeness (QED) is 0.434. The highest BCUT2D eigenvalue weighted by Crippen LogP contribution is 2.32. The molecule has 7 heteroatoms. The summed E-state index contributed by atoms with van der Waals surface area (Å²) < 4.78 is 28.2. The van der Waals surface area contributed by atoms with Gasteiger partial charge in [0.25, 0.3) is 0 Å². The second kappa shape index (κ2) is 8.28. The lowest BCUT2D eigenvalue weighted by atomic mass is 10.0. The summed E-state index contributed by atoms with van der Waals surface area (Å²) in [5.74, 6) is -1.57. The second-order valence-electron chi connectivity index (χ2n) is 7.17. The van der Waals surface area contributed by atoms with Crippen molar-refractivity contribution < 1.29 is 13.6 Å². The van der Waals surface area contributed by atoms with Crippen LogP contribution in [0.25, 0.3) is 10.2 Å². The van der Waals surface area contributed by atoms with Gasteiger partial charge in [-0.1, -0.05) is 35.1 Å². The van der Waals surface area contributed by atoms with Gasteiger partial charge in [0.2, 0.25) is 5.91 Å². The maximum Gasteiger partial charge on any atom is 0.233 e. The molecular formula is C23H19F2N3OS. The van der Waals surface area contributed by atoms with Crippen molar-refractivity contribution in [3.05, 3.63) is 88.7 Å². The standard InChI is InChI=1S/C23H19F2N3OS/c1-14-3-4-17(15(2)9-14)10-21(29)28(13-16-5-7-26-8-6-16)23-27-22-19(25)11-18(24)12-20(22)30-23/h3-9,11-12H,10,13H2,1-2H3. The molecule has 0 N–H and O–H groups in total. The second-order valence-corrected chi connectivity index (χ2v) is 8.18. The molecule has 0 radical (unpaired) electrons. The molecule has 0 spiro atoms. The Morgan fingerprint density at radius 2 is 1.83 bits per heavy atom. The van der Waals surface area contributed by atoms with E-state index in [2.05, 4.69) is 9.97 Å². The van der Waals surface area contributed by atoms with Crippen LogP contribution in [0.3, 0.4) is 0 Å². The van der Waals surface area contributed by atoms with Crippen molar-refractivity contribution in [3.8, 4) is 0 Å². The Morgan fingerprint density at radius 1 is 1.07 bits per heavy atom. The Hall–Kier alpha value is -3.19. The topological polar surface area (TPSA) is 46.1 Å². The van der Waals surface area contributed by atoms with Gasteiger partial charge >= 0.3 is 0 Å². The number of anilines is 1. The summed E-state index contributed by atoms with van der Waals surface area (Å²) in [5.41, 5.74) is 4.01. The van der Waals surface area contributed by atoms with Crippen molar-refractivity contribution in [1.29, 1.82) is 0 Å². The fraction of sp³-hybridized carbons (Fsp3) is 0.174. The summed E-state index contributed by atoms with van der Waals surface area (Å²) in [6, 6.07) is 11.6. The van der Waals surface area contributed by atoms with Crippen molar-refractivity contribution in [2.24, 2.45) is 0 Å². The van der Waals surface area contributed by atoms with E-state index in [1.54, 1.807) is 12.4 Å².